The van der Waals surface area contributed by atoms with Crippen molar-refractivity contribution < 1.29 is 18.7 Å². The molecule has 2 N–H and O–H groups in total. The summed E-state index contributed by atoms with van der Waals surface area (Å²) in [6, 6.07) is 8.30. The molecular formula is C17H18N6O4. The summed E-state index contributed by atoms with van der Waals surface area (Å²) in [7, 11) is 1.54. The molecule has 2 aromatic heterocycles. The zero-order valence-corrected chi connectivity index (χ0v) is 14.8. The first-order chi connectivity index (χ1) is 13.1. The van der Waals surface area contributed by atoms with E-state index in [0.29, 0.717) is 22.9 Å². The highest BCUT2D eigenvalue weighted by molar-refractivity contribution is 5.93. The summed E-state index contributed by atoms with van der Waals surface area (Å²) in [6.45, 7) is 1.94. The van der Waals surface area contributed by atoms with E-state index in [1.165, 1.54) is 10.9 Å². The molecule has 0 atom stereocenters. The Bertz CT molecular complexity index is 935. The van der Waals surface area contributed by atoms with Crippen molar-refractivity contribution in [2.24, 2.45) is 0 Å². The van der Waals surface area contributed by atoms with Gasteiger partial charge >= 0.3 is 0 Å². The van der Waals surface area contributed by atoms with Gasteiger partial charge in [0.25, 0.3) is 5.91 Å². The average molecular weight is 370 g/mol. The van der Waals surface area contributed by atoms with Crippen molar-refractivity contribution in [3.63, 3.8) is 0 Å². The molecule has 0 aliphatic heterocycles. The van der Waals surface area contributed by atoms with Gasteiger partial charge in [0.15, 0.2) is 11.6 Å². The molecule has 2 amide bonds. The number of rotatable bonds is 7. The van der Waals surface area contributed by atoms with Crippen LogP contribution in [0.1, 0.15) is 22.8 Å². The summed E-state index contributed by atoms with van der Waals surface area (Å²) in [4.78, 5) is 23.9. The van der Waals surface area contributed by atoms with Crippen LogP contribution in [0.2, 0.25) is 0 Å². The number of methoxy groups -OCH3 is 1. The molecule has 10 nitrogen and oxygen atoms in total. The number of anilines is 1. The zero-order chi connectivity index (χ0) is 19.2. The van der Waals surface area contributed by atoms with Gasteiger partial charge in [0.05, 0.1) is 13.4 Å². The number of nitrogens with zero attached hydrogens (tertiary/aromatic N) is 4. The fourth-order valence-electron chi connectivity index (χ4n) is 2.40. The van der Waals surface area contributed by atoms with Crippen molar-refractivity contribution in [3.05, 3.63) is 48.2 Å². The van der Waals surface area contributed by atoms with E-state index >= 15 is 0 Å². The van der Waals surface area contributed by atoms with Crippen LogP contribution in [-0.4, -0.2) is 45.7 Å². The molecule has 1 aromatic carbocycles. The Morgan fingerprint density at radius 2 is 2.15 bits per heavy atom. The van der Waals surface area contributed by atoms with Gasteiger partial charge in [-0.2, -0.15) is 4.68 Å². The number of nitrogens with one attached hydrogen (secondary N) is 2. The summed E-state index contributed by atoms with van der Waals surface area (Å²) in [5.41, 5.74) is 1.16. The molecule has 10 heteroatoms. The number of tetrazole rings is 1. The normalized spacial score (nSPS) is 10.4. The van der Waals surface area contributed by atoms with Crippen molar-refractivity contribution >= 4 is 17.5 Å². The van der Waals surface area contributed by atoms with Gasteiger partial charge in [0, 0.05) is 18.7 Å². The lowest BCUT2D eigenvalue weighted by molar-refractivity contribution is -0.116. The third-order valence-corrected chi connectivity index (χ3v) is 3.70. The van der Waals surface area contributed by atoms with Crippen molar-refractivity contribution in [1.29, 1.82) is 0 Å². The monoisotopic (exact) mass is 370 g/mol. The van der Waals surface area contributed by atoms with E-state index in [0.717, 1.165) is 0 Å². The van der Waals surface area contributed by atoms with Gasteiger partial charge in [0.1, 0.15) is 11.4 Å². The maximum absolute atomic E-state index is 12.1. The molecule has 27 heavy (non-hydrogen) atoms. The van der Waals surface area contributed by atoms with Crippen LogP contribution in [0, 0.1) is 6.92 Å². The number of furan rings is 1. The Hall–Kier alpha value is -3.69. The highest BCUT2D eigenvalue weighted by Crippen LogP contribution is 2.26. The van der Waals surface area contributed by atoms with Gasteiger partial charge in [-0.25, -0.2) is 0 Å². The van der Waals surface area contributed by atoms with Crippen molar-refractivity contribution in [2.45, 2.75) is 13.3 Å². The van der Waals surface area contributed by atoms with Crippen molar-refractivity contribution in [3.8, 4) is 11.4 Å². The lowest BCUT2D eigenvalue weighted by Gasteiger charge is -2.12. The average Bonchev–Trinajstić information content (AvgIpc) is 3.33. The number of hydrogen-bond donors (Lipinski definition) is 2. The summed E-state index contributed by atoms with van der Waals surface area (Å²) in [5, 5.41) is 16.8. The lowest BCUT2D eigenvalue weighted by Crippen LogP contribution is -2.27. The van der Waals surface area contributed by atoms with Crippen molar-refractivity contribution in [1.82, 2.24) is 25.5 Å². The lowest BCUT2D eigenvalue weighted by atomic mass is 10.2. The maximum Gasteiger partial charge on any atom is 0.286 e. The number of carbonyl (C=O) groups excluding carboxylic acids is 2. The van der Waals surface area contributed by atoms with E-state index < -0.39 is 0 Å². The quantitative estimate of drug-likeness (QED) is 0.643. The number of ether oxygens (including phenoxy) is 1. The summed E-state index contributed by atoms with van der Waals surface area (Å²) in [6.07, 6.45) is 1.52. The van der Waals surface area contributed by atoms with Gasteiger partial charge in [-0.3, -0.25) is 9.59 Å². The number of aryl methyl sites for hydroxylation is 1. The summed E-state index contributed by atoms with van der Waals surface area (Å²) < 4.78 is 11.8. The smallest absolute Gasteiger partial charge is 0.286 e. The second-order valence-electron chi connectivity index (χ2n) is 5.56. The van der Waals surface area contributed by atoms with Crippen LogP contribution in [0.5, 0.6) is 5.75 Å². The van der Waals surface area contributed by atoms with Gasteiger partial charge in [-0.1, -0.05) is 0 Å². The SMILES string of the molecule is COc1ccc(NC(=O)CCNC(=O)c2ccco2)cc1-n1nnnc1C. The number of amides is 2. The molecule has 0 saturated heterocycles. The molecule has 0 saturated carbocycles. The van der Waals surface area contributed by atoms with Crippen molar-refractivity contribution in [2.75, 3.05) is 19.0 Å². The van der Waals surface area contributed by atoms with Crippen LogP contribution in [-0.2, 0) is 4.79 Å². The minimum atomic E-state index is -0.367. The van der Waals surface area contributed by atoms with Crippen LogP contribution in [0.3, 0.4) is 0 Å². The van der Waals surface area contributed by atoms with Gasteiger partial charge in [-0.05, 0) is 47.7 Å². The first kappa shape index (κ1) is 18.1. The molecule has 0 aliphatic rings. The molecule has 140 valence electrons. The third kappa shape index (κ3) is 4.29. The maximum atomic E-state index is 12.1. The molecule has 0 fully saturated rings. The van der Waals surface area contributed by atoms with Gasteiger partial charge in [-0.15, -0.1) is 5.10 Å². The predicted molar refractivity (Wildman–Crippen MR) is 94.7 cm³/mol. The standard InChI is InChI=1S/C17H18N6O4/c1-11-20-21-22-23(11)13-10-12(5-6-14(13)26-2)19-16(24)7-8-18-17(25)15-4-3-9-27-15/h3-6,9-10H,7-8H2,1-2H3,(H,18,25)(H,19,24). The second kappa shape index (κ2) is 8.13. The van der Waals surface area contributed by atoms with Crippen LogP contribution in [0.4, 0.5) is 5.69 Å². The largest absolute Gasteiger partial charge is 0.494 e. The zero-order valence-electron chi connectivity index (χ0n) is 14.8. The van der Waals surface area contributed by atoms with Gasteiger partial charge in [0.2, 0.25) is 5.91 Å². The van der Waals surface area contributed by atoms with E-state index in [9.17, 15) is 9.59 Å². The van der Waals surface area contributed by atoms with E-state index in [2.05, 4.69) is 26.2 Å². The molecule has 2 heterocycles. The Morgan fingerprint density at radius 3 is 2.81 bits per heavy atom. The second-order valence-corrected chi connectivity index (χ2v) is 5.56. The van der Waals surface area contributed by atoms with E-state index in [1.54, 1.807) is 44.4 Å². The molecule has 0 bridgehead atoms. The molecule has 0 unspecified atom stereocenters. The number of hydrogen-bond acceptors (Lipinski definition) is 7. The summed E-state index contributed by atoms with van der Waals surface area (Å²) >= 11 is 0. The number of carbonyl (C=O) groups is 2. The highest BCUT2D eigenvalue weighted by Gasteiger charge is 2.13. The van der Waals surface area contributed by atoms with E-state index in [4.69, 9.17) is 9.15 Å². The minimum Gasteiger partial charge on any atom is -0.494 e. The predicted octanol–water partition coefficient (Wildman–Crippen LogP) is 1.33. The first-order valence-corrected chi connectivity index (χ1v) is 8.13. The van der Waals surface area contributed by atoms with Crippen LogP contribution < -0.4 is 15.4 Å². The Labute approximate surface area is 154 Å². The molecule has 0 radical (unpaired) electrons. The third-order valence-electron chi connectivity index (χ3n) is 3.70. The fraction of sp³-hybridized carbons (Fsp3) is 0.235. The molecule has 0 spiro atoms. The van der Waals surface area contributed by atoms with E-state index in [1.807, 2.05) is 0 Å². The molecular weight excluding hydrogens is 352 g/mol. The number of aromatic nitrogens is 4. The molecule has 3 rings (SSSR count). The molecule has 3 aromatic rings. The summed E-state index contributed by atoms with van der Waals surface area (Å²) in [5.74, 6) is 0.728. The van der Waals surface area contributed by atoms with Gasteiger partial charge < -0.3 is 19.8 Å². The fourth-order valence-corrected chi connectivity index (χ4v) is 2.40. The van der Waals surface area contributed by atoms with Crippen LogP contribution >= 0.6 is 0 Å². The number of benzene rings is 1. The minimum absolute atomic E-state index is 0.109. The highest BCUT2D eigenvalue weighted by atomic mass is 16.5. The Kier molecular flexibility index (Phi) is 5.45. The van der Waals surface area contributed by atoms with Crippen LogP contribution in [0.25, 0.3) is 5.69 Å². The van der Waals surface area contributed by atoms with Crippen LogP contribution in [0.15, 0.2) is 41.0 Å². The first-order valence-electron chi connectivity index (χ1n) is 8.13. The topological polar surface area (TPSA) is 124 Å². The molecule has 0 aliphatic carbocycles. The Morgan fingerprint density at radius 1 is 1.30 bits per heavy atom. The Balaban J connectivity index is 1.61. The van der Waals surface area contributed by atoms with E-state index in [-0.39, 0.29) is 30.5 Å².